The topological polar surface area (TPSA) is 17.0 Å². The van der Waals surface area contributed by atoms with Gasteiger partial charge in [0.25, 0.3) is 0 Å². The summed E-state index contributed by atoms with van der Waals surface area (Å²) in [6.07, 6.45) is 10.6. The molecule has 0 aromatic carbocycles. The maximum Gasteiger partial charge on any atom is 0.0361 e. The number of hydrogen-bond acceptors (Lipinski definition) is 1. The van der Waals surface area contributed by atoms with Crippen molar-refractivity contribution in [2.24, 2.45) is 13.0 Å². The molecule has 2 nitrogen and oxygen atoms in total. The van der Waals surface area contributed by atoms with Crippen LogP contribution < -0.4 is 5.32 Å². The van der Waals surface area contributed by atoms with Gasteiger partial charge in [0.2, 0.25) is 0 Å². The van der Waals surface area contributed by atoms with Gasteiger partial charge in [0.15, 0.2) is 0 Å². The Bertz CT molecular complexity index is 323. The van der Waals surface area contributed by atoms with Crippen LogP contribution in [0.25, 0.3) is 0 Å². The van der Waals surface area contributed by atoms with E-state index in [-0.39, 0.29) is 0 Å². The first-order chi connectivity index (χ1) is 8.31. The fourth-order valence-electron chi connectivity index (χ4n) is 3.10. The second kappa shape index (κ2) is 6.25. The Hall–Kier alpha value is -0.760. The van der Waals surface area contributed by atoms with Gasteiger partial charge in [-0.1, -0.05) is 26.2 Å². The molecule has 0 aliphatic heterocycles. The number of nitrogens with zero attached hydrogens (tertiary/aromatic N) is 1. The highest BCUT2D eigenvalue weighted by molar-refractivity contribution is 5.06. The van der Waals surface area contributed by atoms with Gasteiger partial charge < -0.3 is 9.88 Å². The molecule has 1 N–H and O–H groups in total. The van der Waals surface area contributed by atoms with Crippen LogP contribution in [0.1, 0.15) is 51.1 Å². The van der Waals surface area contributed by atoms with Crippen molar-refractivity contribution in [2.45, 2.75) is 58.0 Å². The summed E-state index contributed by atoms with van der Waals surface area (Å²) in [6, 6.07) is 5.05. The highest BCUT2D eigenvalue weighted by atomic mass is 15.0. The van der Waals surface area contributed by atoms with Gasteiger partial charge in [-0.05, 0) is 37.3 Å². The molecule has 1 saturated carbocycles. The van der Waals surface area contributed by atoms with Crippen LogP contribution in [-0.4, -0.2) is 10.6 Å². The lowest BCUT2D eigenvalue weighted by Crippen LogP contribution is -2.36. The van der Waals surface area contributed by atoms with E-state index in [9.17, 15) is 0 Å². The van der Waals surface area contributed by atoms with E-state index < -0.39 is 0 Å². The van der Waals surface area contributed by atoms with E-state index in [0.717, 1.165) is 12.5 Å². The van der Waals surface area contributed by atoms with Gasteiger partial charge in [0.1, 0.15) is 0 Å². The predicted octanol–water partition coefficient (Wildman–Crippen LogP) is 3.47. The summed E-state index contributed by atoms with van der Waals surface area (Å²) >= 11 is 0. The van der Waals surface area contributed by atoms with E-state index in [4.69, 9.17) is 0 Å². The average molecular weight is 234 g/mol. The Balaban J connectivity index is 1.84. The minimum absolute atomic E-state index is 0.713. The molecule has 1 atom stereocenters. The summed E-state index contributed by atoms with van der Waals surface area (Å²) < 4.78 is 2.21. The van der Waals surface area contributed by atoms with Crippen molar-refractivity contribution >= 4 is 0 Å². The monoisotopic (exact) mass is 234 g/mol. The molecular formula is C15H26N2. The van der Waals surface area contributed by atoms with Gasteiger partial charge in [-0.3, -0.25) is 0 Å². The number of nitrogens with one attached hydrogen (secondary N) is 1. The van der Waals surface area contributed by atoms with E-state index >= 15 is 0 Å². The quantitative estimate of drug-likeness (QED) is 0.825. The third-order valence-corrected chi connectivity index (χ3v) is 4.26. The first-order valence-electron chi connectivity index (χ1n) is 7.15. The van der Waals surface area contributed by atoms with Crippen LogP contribution in [0.5, 0.6) is 0 Å². The van der Waals surface area contributed by atoms with Crippen molar-refractivity contribution < 1.29 is 0 Å². The predicted molar refractivity (Wildman–Crippen MR) is 72.9 cm³/mol. The number of aromatic nitrogens is 1. The van der Waals surface area contributed by atoms with E-state index in [0.29, 0.717) is 6.04 Å². The van der Waals surface area contributed by atoms with Crippen molar-refractivity contribution in [3.63, 3.8) is 0 Å². The Morgan fingerprint density at radius 1 is 1.35 bits per heavy atom. The smallest absolute Gasteiger partial charge is 0.0361 e. The third-order valence-electron chi connectivity index (χ3n) is 4.26. The van der Waals surface area contributed by atoms with Crippen molar-refractivity contribution in [1.29, 1.82) is 0 Å². The molecule has 1 heterocycles. The molecule has 17 heavy (non-hydrogen) atoms. The van der Waals surface area contributed by atoms with Crippen LogP contribution in [0, 0.1) is 5.92 Å². The number of hydrogen-bond donors (Lipinski definition) is 1. The zero-order valence-corrected chi connectivity index (χ0v) is 11.3. The fraction of sp³-hybridized carbons (Fsp3) is 0.733. The summed E-state index contributed by atoms with van der Waals surface area (Å²) in [6.45, 7) is 3.33. The third kappa shape index (κ3) is 3.35. The zero-order chi connectivity index (χ0) is 12.1. The molecule has 0 saturated heterocycles. The van der Waals surface area contributed by atoms with Gasteiger partial charge in [0, 0.05) is 31.5 Å². The fourth-order valence-corrected chi connectivity index (χ4v) is 3.10. The first-order valence-corrected chi connectivity index (χ1v) is 7.15. The SMILES string of the molecule is CCC(NCc1cccn1C)C1CCCCC1. The van der Waals surface area contributed by atoms with Gasteiger partial charge in [-0.15, -0.1) is 0 Å². The molecule has 2 rings (SSSR count). The summed E-state index contributed by atoms with van der Waals surface area (Å²) in [5.41, 5.74) is 1.39. The van der Waals surface area contributed by atoms with Gasteiger partial charge in [0.05, 0.1) is 0 Å². The maximum atomic E-state index is 3.76. The molecule has 1 aromatic heterocycles. The Morgan fingerprint density at radius 2 is 2.12 bits per heavy atom. The lowest BCUT2D eigenvalue weighted by molar-refractivity contribution is 0.260. The summed E-state index contributed by atoms with van der Waals surface area (Å²) in [5.74, 6) is 0.911. The molecular weight excluding hydrogens is 208 g/mol. The summed E-state index contributed by atoms with van der Waals surface area (Å²) in [5, 5.41) is 3.76. The maximum absolute atomic E-state index is 3.76. The molecule has 96 valence electrons. The van der Waals surface area contributed by atoms with Crippen LogP contribution in [-0.2, 0) is 13.6 Å². The molecule has 0 radical (unpaired) electrons. The second-order valence-electron chi connectivity index (χ2n) is 5.40. The van der Waals surface area contributed by atoms with E-state index in [1.165, 1.54) is 44.2 Å². The van der Waals surface area contributed by atoms with Crippen LogP contribution >= 0.6 is 0 Å². The number of rotatable bonds is 5. The Kier molecular flexibility index (Phi) is 4.66. The van der Waals surface area contributed by atoms with E-state index in [1.807, 2.05) is 0 Å². The molecule has 1 aliphatic rings. The standard InChI is InChI=1S/C15H26N2/c1-3-15(13-8-5-4-6-9-13)16-12-14-10-7-11-17(14)2/h7,10-11,13,15-16H,3-6,8-9,12H2,1-2H3. The molecule has 1 fully saturated rings. The number of aryl methyl sites for hydroxylation is 1. The van der Waals surface area contributed by atoms with Gasteiger partial charge >= 0.3 is 0 Å². The minimum Gasteiger partial charge on any atom is -0.353 e. The molecule has 1 unspecified atom stereocenters. The van der Waals surface area contributed by atoms with Gasteiger partial charge in [-0.25, -0.2) is 0 Å². The highest BCUT2D eigenvalue weighted by Gasteiger charge is 2.21. The molecule has 0 amide bonds. The second-order valence-corrected chi connectivity index (χ2v) is 5.40. The summed E-state index contributed by atoms with van der Waals surface area (Å²) in [4.78, 5) is 0. The van der Waals surface area contributed by atoms with Gasteiger partial charge in [-0.2, -0.15) is 0 Å². The van der Waals surface area contributed by atoms with Crippen LogP contribution in [0.3, 0.4) is 0 Å². The lowest BCUT2D eigenvalue weighted by Gasteiger charge is -2.30. The van der Waals surface area contributed by atoms with E-state index in [2.05, 4.69) is 42.2 Å². The van der Waals surface area contributed by atoms with Crippen molar-refractivity contribution in [1.82, 2.24) is 9.88 Å². The molecule has 1 aliphatic carbocycles. The molecule has 2 heteroatoms. The normalized spacial score (nSPS) is 19.4. The minimum atomic E-state index is 0.713. The molecule has 0 spiro atoms. The Morgan fingerprint density at radius 3 is 2.71 bits per heavy atom. The van der Waals surface area contributed by atoms with Crippen LogP contribution in [0.2, 0.25) is 0 Å². The largest absolute Gasteiger partial charge is 0.353 e. The lowest BCUT2D eigenvalue weighted by atomic mass is 9.83. The first kappa shape index (κ1) is 12.7. The van der Waals surface area contributed by atoms with Crippen LogP contribution in [0.15, 0.2) is 18.3 Å². The summed E-state index contributed by atoms with van der Waals surface area (Å²) in [7, 11) is 2.12. The molecule has 1 aromatic rings. The Labute approximate surface area is 105 Å². The molecule has 0 bridgehead atoms. The highest BCUT2D eigenvalue weighted by Crippen LogP contribution is 2.27. The zero-order valence-electron chi connectivity index (χ0n) is 11.3. The van der Waals surface area contributed by atoms with Crippen molar-refractivity contribution in [3.05, 3.63) is 24.0 Å². The van der Waals surface area contributed by atoms with E-state index in [1.54, 1.807) is 0 Å². The van der Waals surface area contributed by atoms with Crippen LogP contribution in [0.4, 0.5) is 0 Å². The van der Waals surface area contributed by atoms with Crippen molar-refractivity contribution in [3.8, 4) is 0 Å². The average Bonchev–Trinajstić information content (AvgIpc) is 2.77. The van der Waals surface area contributed by atoms with Crippen molar-refractivity contribution in [2.75, 3.05) is 0 Å².